The van der Waals surface area contributed by atoms with Gasteiger partial charge in [0.15, 0.2) is 0 Å². The number of nitrogens with zero attached hydrogens (tertiary/aromatic N) is 5. The topological polar surface area (TPSA) is 136 Å². The second-order valence-corrected chi connectivity index (χ2v) is 11.1. The number of hydrogen-bond acceptors (Lipinski definition) is 9. The van der Waals surface area contributed by atoms with E-state index in [0.29, 0.717) is 45.0 Å². The van der Waals surface area contributed by atoms with Gasteiger partial charge in [-0.15, -0.1) is 5.53 Å². The Kier molecular flexibility index (Phi) is 7.34. The van der Waals surface area contributed by atoms with Gasteiger partial charge < -0.3 is 16.1 Å². The normalized spacial score (nSPS) is 16.1. The Morgan fingerprint density at radius 3 is 2.51 bits per heavy atom. The Morgan fingerprint density at radius 2 is 1.81 bits per heavy atom. The molecule has 1 aliphatic carbocycles. The fraction of sp³-hybridized carbons (Fsp3) is 0.212. The molecule has 0 radical (unpaired) electrons. The van der Waals surface area contributed by atoms with Crippen LogP contribution in [0.5, 0.6) is 0 Å². The number of nitriles is 3. The summed E-state index contributed by atoms with van der Waals surface area (Å²) >= 11 is 0. The van der Waals surface area contributed by atoms with Crippen LogP contribution in [0.15, 0.2) is 84.8 Å². The van der Waals surface area contributed by atoms with Gasteiger partial charge >= 0.3 is 0 Å². The first kappa shape index (κ1) is 27.7. The van der Waals surface area contributed by atoms with Crippen LogP contribution in [0.4, 0.5) is 11.4 Å². The van der Waals surface area contributed by atoms with Gasteiger partial charge in [0, 0.05) is 29.5 Å². The van der Waals surface area contributed by atoms with E-state index in [2.05, 4.69) is 75.1 Å². The zero-order valence-corrected chi connectivity index (χ0v) is 24.0. The zero-order valence-electron chi connectivity index (χ0n) is 24.0. The van der Waals surface area contributed by atoms with Gasteiger partial charge in [0.1, 0.15) is 20.0 Å². The van der Waals surface area contributed by atoms with Gasteiger partial charge in [-0.05, 0) is 54.7 Å². The molecule has 1 aliphatic heterocycles. The number of anilines is 2. The highest BCUT2D eigenvalue weighted by Gasteiger charge is 2.38. The minimum atomic E-state index is -0.812. The van der Waals surface area contributed by atoms with Crippen LogP contribution < -0.4 is 21.6 Å². The fourth-order valence-electron chi connectivity index (χ4n) is 5.60. The maximum Gasteiger partial charge on any atom is 0.148 e. The molecule has 210 valence electrons. The Hall–Kier alpha value is -5.50. The number of hydrogen-bond donors (Lipinski definition) is 4. The van der Waals surface area contributed by atoms with Gasteiger partial charge in [-0.25, -0.2) is 0 Å². The third-order valence-electron chi connectivity index (χ3n) is 8.17. The summed E-state index contributed by atoms with van der Waals surface area (Å²) in [7, 11) is 2.04. The lowest BCUT2D eigenvalue weighted by molar-refractivity contribution is 0.260. The lowest BCUT2D eigenvalue weighted by atomic mass is 9.69. The third kappa shape index (κ3) is 5.31. The smallest absolute Gasteiger partial charge is 0.148 e. The van der Waals surface area contributed by atoms with Crippen molar-refractivity contribution >= 4 is 30.1 Å². The van der Waals surface area contributed by atoms with Gasteiger partial charge in [-0.3, -0.25) is 9.99 Å². The summed E-state index contributed by atoms with van der Waals surface area (Å²) < 4.78 is 0. The first-order valence-electron chi connectivity index (χ1n) is 14.4. The number of hydrazine groups is 2. The molecule has 3 aromatic carbocycles. The molecule has 0 amide bonds. The molecule has 10 heteroatoms. The standard InChI is InChI=1S/C33H30BN9/c1-2-29(22-8-4-3-5-9-22)39-32-24(18-37)19-38-31-23(17-36)14-26(15-28(31)32)40-33(34,25-10-6-7-21(13-25)16-35)30-20-43(42-41-30)27-11-12-27/h3-10,13-15,19-20,27,29,40-42H,2,11-12,34H2,1H3,(H,38,39)/t29-,33?/m1/s1. The van der Waals surface area contributed by atoms with Crippen molar-refractivity contribution in [3.05, 3.63) is 113 Å². The molecule has 1 fully saturated rings. The van der Waals surface area contributed by atoms with Crippen molar-refractivity contribution in [2.45, 2.75) is 43.7 Å². The fourth-order valence-corrected chi connectivity index (χ4v) is 5.60. The van der Waals surface area contributed by atoms with E-state index in [1.807, 2.05) is 50.3 Å². The lowest BCUT2D eigenvalue weighted by Gasteiger charge is -2.34. The van der Waals surface area contributed by atoms with Gasteiger partial charge in [-0.1, -0.05) is 49.4 Å². The first-order valence-corrected chi connectivity index (χ1v) is 14.4. The van der Waals surface area contributed by atoms with Crippen LogP contribution in [0.1, 0.15) is 60.0 Å². The summed E-state index contributed by atoms with van der Waals surface area (Å²) in [4.78, 5) is 4.53. The van der Waals surface area contributed by atoms with E-state index in [0.717, 1.165) is 36.1 Å². The quantitative estimate of drug-likeness (QED) is 0.215. The number of benzene rings is 3. The van der Waals surface area contributed by atoms with E-state index >= 15 is 0 Å². The Labute approximate surface area is 251 Å². The molecule has 1 saturated carbocycles. The van der Waals surface area contributed by atoms with E-state index in [4.69, 9.17) is 0 Å². The minimum absolute atomic E-state index is 0.0487. The highest BCUT2D eigenvalue weighted by Crippen LogP contribution is 2.38. The summed E-state index contributed by atoms with van der Waals surface area (Å²) in [5.74, 6) is 0. The molecular weight excluding hydrogens is 533 g/mol. The lowest BCUT2D eigenvalue weighted by Crippen LogP contribution is -2.45. The summed E-state index contributed by atoms with van der Waals surface area (Å²) in [5.41, 5.74) is 11.8. The molecule has 1 unspecified atom stereocenters. The predicted molar refractivity (Wildman–Crippen MR) is 168 cm³/mol. The Morgan fingerprint density at radius 1 is 1.02 bits per heavy atom. The highest BCUT2D eigenvalue weighted by atomic mass is 15.7. The second-order valence-electron chi connectivity index (χ2n) is 11.1. The molecule has 4 N–H and O–H groups in total. The van der Waals surface area contributed by atoms with E-state index in [9.17, 15) is 15.8 Å². The molecule has 2 heterocycles. The molecule has 0 bridgehead atoms. The third-order valence-corrected chi connectivity index (χ3v) is 8.17. The maximum atomic E-state index is 10.2. The maximum absolute atomic E-state index is 10.2. The molecular formula is C33H30BN9. The minimum Gasteiger partial charge on any atom is -0.378 e. The molecule has 6 rings (SSSR count). The average molecular weight is 563 g/mol. The van der Waals surface area contributed by atoms with E-state index < -0.39 is 5.44 Å². The highest BCUT2D eigenvalue weighted by molar-refractivity contribution is 6.19. The van der Waals surface area contributed by atoms with Gasteiger partial charge in [0.2, 0.25) is 0 Å². The number of fused-ring (bicyclic) bond motifs is 1. The number of aromatic nitrogens is 1. The molecule has 1 aromatic heterocycles. The van der Waals surface area contributed by atoms with Crippen molar-refractivity contribution < 1.29 is 0 Å². The van der Waals surface area contributed by atoms with Crippen LogP contribution in [0.25, 0.3) is 10.9 Å². The van der Waals surface area contributed by atoms with Crippen molar-refractivity contribution in [3.8, 4) is 18.2 Å². The van der Waals surface area contributed by atoms with Crippen molar-refractivity contribution in [2.75, 3.05) is 10.6 Å². The number of nitrogens with one attached hydrogen (secondary N) is 4. The van der Waals surface area contributed by atoms with Gasteiger partial charge in [0.05, 0.1) is 51.1 Å². The summed E-state index contributed by atoms with van der Waals surface area (Å²) in [6, 6.07) is 28.6. The summed E-state index contributed by atoms with van der Waals surface area (Å²) in [6.07, 6.45) is 6.62. The van der Waals surface area contributed by atoms with Crippen LogP contribution >= 0.6 is 0 Å². The zero-order chi connectivity index (χ0) is 30.0. The van der Waals surface area contributed by atoms with Crippen LogP contribution in [-0.4, -0.2) is 23.9 Å². The van der Waals surface area contributed by atoms with E-state index in [-0.39, 0.29) is 6.04 Å². The molecule has 9 nitrogen and oxygen atoms in total. The summed E-state index contributed by atoms with van der Waals surface area (Å²) in [6.45, 7) is 2.09. The Bertz CT molecular complexity index is 1850. The SMILES string of the molecule is BC(Nc1cc(C#N)c2ncc(C#N)c(N[C@H](CC)c3ccccc3)c2c1)(C1=CN(C2CC2)NN1)c1cccc(C#N)c1. The Balaban J connectivity index is 1.48. The largest absolute Gasteiger partial charge is 0.378 e. The average Bonchev–Trinajstić information content (AvgIpc) is 3.78. The molecule has 2 atom stereocenters. The molecule has 0 saturated heterocycles. The summed E-state index contributed by atoms with van der Waals surface area (Å²) in [5, 5.41) is 39.9. The molecule has 2 aliphatic rings. The van der Waals surface area contributed by atoms with Crippen molar-refractivity contribution in [2.24, 2.45) is 0 Å². The molecule has 0 spiro atoms. The first-order chi connectivity index (χ1) is 21.0. The van der Waals surface area contributed by atoms with E-state index in [1.54, 1.807) is 12.1 Å². The van der Waals surface area contributed by atoms with Crippen LogP contribution in [-0.2, 0) is 5.44 Å². The monoisotopic (exact) mass is 563 g/mol. The van der Waals surface area contributed by atoms with Crippen molar-refractivity contribution in [1.29, 1.82) is 15.8 Å². The second kappa shape index (κ2) is 11.4. The number of rotatable bonds is 9. The van der Waals surface area contributed by atoms with Crippen molar-refractivity contribution in [1.82, 2.24) is 21.0 Å². The van der Waals surface area contributed by atoms with Crippen LogP contribution in [0, 0.1) is 34.0 Å². The van der Waals surface area contributed by atoms with Crippen molar-refractivity contribution in [3.63, 3.8) is 0 Å². The van der Waals surface area contributed by atoms with Gasteiger partial charge in [0.25, 0.3) is 0 Å². The van der Waals surface area contributed by atoms with Crippen LogP contribution in [0.2, 0.25) is 0 Å². The number of pyridine rings is 1. The molecule has 4 aromatic rings. The van der Waals surface area contributed by atoms with Gasteiger partial charge in [-0.2, -0.15) is 15.8 Å². The predicted octanol–water partition coefficient (Wildman–Crippen LogP) is 4.64. The molecule has 43 heavy (non-hydrogen) atoms. The van der Waals surface area contributed by atoms with E-state index in [1.165, 1.54) is 6.20 Å². The van der Waals surface area contributed by atoms with Crippen LogP contribution in [0.3, 0.4) is 0 Å².